The van der Waals surface area contributed by atoms with Gasteiger partial charge in [-0.1, -0.05) is 6.92 Å². The maximum atomic E-state index is 12.1. The number of carbonyl (C=O) groups is 1. The van der Waals surface area contributed by atoms with Crippen LogP contribution in [0, 0.1) is 0 Å². The van der Waals surface area contributed by atoms with Crippen LogP contribution in [0.1, 0.15) is 47.0 Å². The SMILES string of the molecule is CCCN(CC1CCCN1)C(=O)NC(C)(C)C. The third kappa shape index (κ3) is 5.39. The molecule has 4 nitrogen and oxygen atoms in total. The topological polar surface area (TPSA) is 44.4 Å². The van der Waals surface area contributed by atoms with E-state index < -0.39 is 0 Å². The van der Waals surface area contributed by atoms with Crippen molar-refractivity contribution in [1.29, 1.82) is 0 Å². The summed E-state index contributed by atoms with van der Waals surface area (Å²) in [6.07, 6.45) is 3.42. The molecule has 0 radical (unpaired) electrons. The predicted octanol–water partition coefficient (Wildman–Crippen LogP) is 1.96. The molecule has 1 unspecified atom stereocenters. The van der Waals surface area contributed by atoms with E-state index in [0.717, 1.165) is 26.1 Å². The van der Waals surface area contributed by atoms with Gasteiger partial charge in [-0.3, -0.25) is 0 Å². The van der Waals surface area contributed by atoms with Crippen molar-refractivity contribution in [2.75, 3.05) is 19.6 Å². The minimum absolute atomic E-state index is 0.0630. The summed E-state index contributed by atoms with van der Waals surface area (Å²) in [4.78, 5) is 14.1. The smallest absolute Gasteiger partial charge is 0.317 e. The van der Waals surface area contributed by atoms with E-state index in [1.807, 2.05) is 25.7 Å². The van der Waals surface area contributed by atoms with Gasteiger partial charge in [-0.2, -0.15) is 0 Å². The molecule has 2 N–H and O–H groups in total. The third-order valence-corrected chi connectivity index (χ3v) is 2.87. The number of amides is 2. The van der Waals surface area contributed by atoms with E-state index >= 15 is 0 Å². The highest BCUT2D eigenvalue weighted by Crippen LogP contribution is 2.09. The summed E-state index contributed by atoms with van der Waals surface area (Å²) < 4.78 is 0. The Morgan fingerprint density at radius 1 is 1.47 bits per heavy atom. The molecule has 1 heterocycles. The molecule has 1 aliphatic heterocycles. The zero-order chi connectivity index (χ0) is 12.9. The molecule has 17 heavy (non-hydrogen) atoms. The van der Waals surface area contributed by atoms with E-state index in [4.69, 9.17) is 0 Å². The highest BCUT2D eigenvalue weighted by atomic mass is 16.2. The maximum Gasteiger partial charge on any atom is 0.317 e. The summed E-state index contributed by atoms with van der Waals surface area (Å²) in [5.41, 5.74) is -0.161. The number of nitrogens with one attached hydrogen (secondary N) is 2. The van der Waals surface area contributed by atoms with E-state index in [1.54, 1.807) is 0 Å². The highest BCUT2D eigenvalue weighted by molar-refractivity contribution is 5.75. The number of hydrogen-bond acceptors (Lipinski definition) is 2. The highest BCUT2D eigenvalue weighted by Gasteiger charge is 2.23. The fourth-order valence-corrected chi connectivity index (χ4v) is 2.12. The van der Waals surface area contributed by atoms with Crippen LogP contribution >= 0.6 is 0 Å². The Labute approximate surface area is 105 Å². The van der Waals surface area contributed by atoms with Gasteiger partial charge in [-0.15, -0.1) is 0 Å². The Balaban J connectivity index is 2.48. The first kappa shape index (κ1) is 14.3. The molecule has 1 atom stereocenters. The van der Waals surface area contributed by atoms with E-state index in [-0.39, 0.29) is 11.6 Å². The first-order chi connectivity index (χ1) is 7.92. The third-order valence-electron chi connectivity index (χ3n) is 2.87. The molecule has 0 spiro atoms. The Hall–Kier alpha value is -0.770. The van der Waals surface area contributed by atoms with Crippen LogP contribution in [0.5, 0.6) is 0 Å². The summed E-state index contributed by atoms with van der Waals surface area (Å²) in [6, 6.07) is 0.542. The average molecular weight is 241 g/mol. The molecule has 0 saturated carbocycles. The van der Waals surface area contributed by atoms with Gasteiger partial charge in [0, 0.05) is 24.7 Å². The molecule has 0 aromatic rings. The van der Waals surface area contributed by atoms with Crippen molar-refractivity contribution in [3.8, 4) is 0 Å². The molecular weight excluding hydrogens is 214 g/mol. The number of hydrogen-bond donors (Lipinski definition) is 2. The molecule has 1 aliphatic rings. The van der Waals surface area contributed by atoms with Gasteiger partial charge in [0.15, 0.2) is 0 Å². The van der Waals surface area contributed by atoms with Crippen LogP contribution in [0.2, 0.25) is 0 Å². The Morgan fingerprint density at radius 3 is 2.65 bits per heavy atom. The standard InChI is InChI=1S/C13H27N3O/c1-5-9-16(10-11-7-6-8-14-11)12(17)15-13(2,3)4/h11,14H,5-10H2,1-4H3,(H,15,17). The lowest BCUT2D eigenvalue weighted by Gasteiger charge is -2.30. The normalized spacial score (nSPS) is 20.4. The molecule has 4 heteroatoms. The average Bonchev–Trinajstić information content (AvgIpc) is 2.67. The Bertz CT molecular complexity index is 242. The maximum absolute atomic E-state index is 12.1. The quantitative estimate of drug-likeness (QED) is 0.790. The molecule has 0 aromatic heterocycles. The van der Waals surface area contributed by atoms with Crippen molar-refractivity contribution >= 4 is 6.03 Å². The van der Waals surface area contributed by atoms with Gasteiger partial charge in [0.25, 0.3) is 0 Å². The summed E-state index contributed by atoms with van der Waals surface area (Å²) in [7, 11) is 0. The second kappa shape index (κ2) is 6.24. The monoisotopic (exact) mass is 241 g/mol. The number of rotatable bonds is 4. The van der Waals surface area contributed by atoms with Crippen LogP contribution in [-0.4, -0.2) is 42.1 Å². The largest absolute Gasteiger partial charge is 0.333 e. The van der Waals surface area contributed by atoms with E-state index in [1.165, 1.54) is 12.8 Å². The van der Waals surface area contributed by atoms with Crippen LogP contribution in [0.25, 0.3) is 0 Å². The van der Waals surface area contributed by atoms with Crippen LogP contribution in [0.4, 0.5) is 4.79 Å². The van der Waals surface area contributed by atoms with Crippen molar-refractivity contribution < 1.29 is 4.79 Å². The van der Waals surface area contributed by atoms with Crippen molar-refractivity contribution in [2.24, 2.45) is 0 Å². The lowest BCUT2D eigenvalue weighted by atomic mass is 10.1. The molecule has 1 rings (SSSR count). The fraction of sp³-hybridized carbons (Fsp3) is 0.923. The van der Waals surface area contributed by atoms with Crippen LogP contribution < -0.4 is 10.6 Å². The molecule has 100 valence electrons. The first-order valence-corrected chi connectivity index (χ1v) is 6.73. The van der Waals surface area contributed by atoms with Gasteiger partial charge in [0.2, 0.25) is 0 Å². The fourth-order valence-electron chi connectivity index (χ4n) is 2.12. The lowest BCUT2D eigenvalue weighted by Crippen LogP contribution is -2.51. The van der Waals surface area contributed by atoms with E-state index in [2.05, 4.69) is 17.6 Å². The van der Waals surface area contributed by atoms with Gasteiger partial charge in [-0.05, 0) is 46.6 Å². The second-order valence-electron chi connectivity index (χ2n) is 5.92. The van der Waals surface area contributed by atoms with Gasteiger partial charge < -0.3 is 15.5 Å². The zero-order valence-corrected chi connectivity index (χ0v) is 11.7. The van der Waals surface area contributed by atoms with Crippen molar-refractivity contribution in [2.45, 2.75) is 58.5 Å². The van der Waals surface area contributed by atoms with Crippen LogP contribution in [0.15, 0.2) is 0 Å². The van der Waals surface area contributed by atoms with Crippen LogP contribution in [0.3, 0.4) is 0 Å². The van der Waals surface area contributed by atoms with Gasteiger partial charge in [0.05, 0.1) is 0 Å². The van der Waals surface area contributed by atoms with Gasteiger partial charge >= 0.3 is 6.03 Å². The Morgan fingerprint density at radius 2 is 2.18 bits per heavy atom. The molecule has 0 aromatic carbocycles. The Kier molecular flexibility index (Phi) is 5.25. The second-order valence-corrected chi connectivity index (χ2v) is 5.92. The first-order valence-electron chi connectivity index (χ1n) is 6.73. The molecule has 1 fully saturated rings. The molecule has 0 aliphatic carbocycles. The zero-order valence-electron chi connectivity index (χ0n) is 11.7. The molecule has 1 saturated heterocycles. The van der Waals surface area contributed by atoms with E-state index in [9.17, 15) is 4.79 Å². The van der Waals surface area contributed by atoms with E-state index in [0.29, 0.717) is 6.04 Å². The van der Waals surface area contributed by atoms with Crippen molar-refractivity contribution in [3.63, 3.8) is 0 Å². The van der Waals surface area contributed by atoms with Crippen molar-refractivity contribution in [1.82, 2.24) is 15.5 Å². The number of nitrogens with zero attached hydrogens (tertiary/aromatic N) is 1. The minimum Gasteiger partial charge on any atom is -0.333 e. The summed E-state index contributed by atoms with van der Waals surface area (Å²) >= 11 is 0. The predicted molar refractivity (Wildman–Crippen MR) is 71.2 cm³/mol. The summed E-state index contributed by atoms with van der Waals surface area (Å²) in [5, 5.41) is 6.48. The van der Waals surface area contributed by atoms with Gasteiger partial charge in [0.1, 0.15) is 0 Å². The van der Waals surface area contributed by atoms with Crippen molar-refractivity contribution in [3.05, 3.63) is 0 Å². The van der Waals surface area contributed by atoms with Crippen LogP contribution in [-0.2, 0) is 0 Å². The molecule has 2 amide bonds. The number of urea groups is 1. The molecular formula is C13H27N3O. The summed E-state index contributed by atoms with van der Waals surface area (Å²) in [5.74, 6) is 0. The van der Waals surface area contributed by atoms with Gasteiger partial charge in [-0.25, -0.2) is 4.79 Å². The minimum atomic E-state index is -0.161. The number of carbonyl (C=O) groups excluding carboxylic acids is 1. The summed E-state index contributed by atoms with van der Waals surface area (Å²) in [6.45, 7) is 10.9. The molecule has 0 bridgehead atoms. The lowest BCUT2D eigenvalue weighted by molar-refractivity contribution is 0.183.